The van der Waals surface area contributed by atoms with Crippen molar-refractivity contribution in [2.24, 2.45) is 0 Å². The van der Waals surface area contributed by atoms with Crippen molar-refractivity contribution in [2.75, 3.05) is 0 Å². The van der Waals surface area contributed by atoms with Crippen molar-refractivity contribution in [1.82, 2.24) is 20.1 Å². The van der Waals surface area contributed by atoms with E-state index in [1.807, 2.05) is 16.8 Å². The highest BCUT2D eigenvalue weighted by atomic mass is 16.3. The molecule has 2 heterocycles. The number of hydrogen-bond donors (Lipinski definition) is 1. The van der Waals surface area contributed by atoms with Crippen LogP contribution in [0.3, 0.4) is 0 Å². The van der Waals surface area contributed by atoms with Crippen LogP contribution in [0.25, 0.3) is 0 Å². The molecule has 18 heavy (non-hydrogen) atoms. The molecule has 1 N–H and O–H groups in total. The summed E-state index contributed by atoms with van der Waals surface area (Å²) >= 11 is 0. The van der Waals surface area contributed by atoms with Crippen molar-refractivity contribution < 1.29 is 4.42 Å². The minimum Gasteiger partial charge on any atom is -0.469 e. The Morgan fingerprint density at radius 2 is 2.22 bits per heavy atom. The first-order chi connectivity index (χ1) is 8.66. The molecule has 0 bridgehead atoms. The SMILES string of the molecule is CC(Cc1ccco1)NCc1ncnn1C(C)C. The zero-order valence-electron chi connectivity index (χ0n) is 11.1. The van der Waals surface area contributed by atoms with E-state index in [4.69, 9.17) is 4.42 Å². The van der Waals surface area contributed by atoms with Gasteiger partial charge in [0.2, 0.25) is 0 Å². The lowest BCUT2D eigenvalue weighted by Crippen LogP contribution is -2.29. The van der Waals surface area contributed by atoms with Crippen LogP contribution in [0.2, 0.25) is 0 Å². The number of furan rings is 1. The summed E-state index contributed by atoms with van der Waals surface area (Å²) in [6.45, 7) is 7.06. The zero-order chi connectivity index (χ0) is 13.0. The predicted octanol–water partition coefficient (Wildman–Crippen LogP) is 2.17. The summed E-state index contributed by atoms with van der Waals surface area (Å²) in [5.41, 5.74) is 0. The first-order valence-electron chi connectivity index (χ1n) is 6.31. The Kier molecular flexibility index (Phi) is 4.15. The van der Waals surface area contributed by atoms with Gasteiger partial charge in [0.25, 0.3) is 0 Å². The lowest BCUT2D eigenvalue weighted by atomic mass is 10.2. The van der Waals surface area contributed by atoms with Crippen LogP contribution in [0.15, 0.2) is 29.1 Å². The van der Waals surface area contributed by atoms with Gasteiger partial charge < -0.3 is 9.73 Å². The van der Waals surface area contributed by atoms with Crippen LogP contribution < -0.4 is 5.32 Å². The minimum atomic E-state index is 0.338. The summed E-state index contributed by atoms with van der Waals surface area (Å²) in [7, 11) is 0. The monoisotopic (exact) mass is 248 g/mol. The van der Waals surface area contributed by atoms with Gasteiger partial charge in [0.05, 0.1) is 12.8 Å². The van der Waals surface area contributed by atoms with Gasteiger partial charge >= 0.3 is 0 Å². The molecule has 98 valence electrons. The van der Waals surface area contributed by atoms with Gasteiger partial charge in [-0.15, -0.1) is 0 Å². The molecule has 2 aromatic rings. The minimum absolute atomic E-state index is 0.338. The average molecular weight is 248 g/mol. The second kappa shape index (κ2) is 5.82. The maximum Gasteiger partial charge on any atom is 0.141 e. The maximum atomic E-state index is 5.33. The van der Waals surface area contributed by atoms with Crippen molar-refractivity contribution in [3.63, 3.8) is 0 Å². The van der Waals surface area contributed by atoms with Gasteiger partial charge in [-0.2, -0.15) is 5.10 Å². The highest BCUT2D eigenvalue weighted by Crippen LogP contribution is 2.07. The van der Waals surface area contributed by atoms with Crippen LogP contribution in [-0.4, -0.2) is 20.8 Å². The Bertz CT molecular complexity index is 461. The van der Waals surface area contributed by atoms with E-state index in [0.29, 0.717) is 12.1 Å². The number of hydrogen-bond acceptors (Lipinski definition) is 4. The first kappa shape index (κ1) is 12.8. The third-order valence-electron chi connectivity index (χ3n) is 2.83. The van der Waals surface area contributed by atoms with Gasteiger partial charge in [-0.1, -0.05) is 0 Å². The van der Waals surface area contributed by atoms with E-state index in [2.05, 4.69) is 36.2 Å². The lowest BCUT2D eigenvalue weighted by Gasteiger charge is -2.14. The Morgan fingerprint density at radius 1 is 1.39 bits per heavy atom. The summed E-state index contributed by atoms with van der Waals surface area (Å²) in [6, 6.07) is 4.59. The molecule has 1 unspecified atom stereocenters. The second-order valence-electron chi connectivity index (χ2n) is 4.78. The third kappa shape index (κ3) is 3.20. The van der Waals surface area contributed by atoms with Gasteiger partial charge in [0.15, 0.2) is 0 Å². The molecule has 2 rings (SSSR count). The molecule has 0 radical (unpaired) electrons. The number of rotatable bonds is 6. The van der Waals surface area contributed by atoms with Crippen molar-refractivity contribution in [1.29, 1.82) is 0 Å². The number of aromatic nitrogens is 3. The Hall–Kier alpha value is -1.62. The van der Waals surface area contributed by atoms with Gasteiger partial charge in [-0.3, -0.25) is 0 Å². The van der Waals surface area contributed by atoms with E-state index in [9.17, 15) is 0 Å². The Balaban J connectivity index is 1.85. The molecule has 0 aliphatic rings. The number of nitrogens with one attached hydrogen (secondary N) is 1. The Labute approximate surface area is 107 Å². The quantitative estimate of drug-likeness (QED) is 0.851. The summed E-state index contributed by atoms with van der Waals surface area (Å²) in [5.74, 6) is 1.97. The van der Waals surface area contributed by atoms with E-state index in [1.54, 1.807) is 12.6 Å². The molecule has 0 amide bonds. The fourth-order valence-electron chi connectivity index (χ4n) is 1.90. The molecular formula is C13H20N4O. The summed E-state index contributed by atoms with van der Waals surface area (Å²) in [5, 5.41) is 7.65. The molecule has 1 atom stereocenters. The van der Waals surface area contributed by atoms with Crippen molar-refractivity contribution in [3.05, 3.63) is 36.3 Å². The molecule has 0 aromatic carbocycles. The van der Waals surface area contributed by atoms with Crippen LogP contribution in [-0.2, 0) is 13.0 Å². The third-order valence-corrected chi connectivity index (χ3v) is 2.83. The molecule has 5 heteroatoms. The fraction of sp³-hybridized carbons (Fsp3) is 0.538. The van der Waals surface area contributed by atoms with Crippen LogP contribution in [0, 0.1) is 0 Å². The molecule has 5 nitrogen and oxygen atoms in total. The normalized spacial score (nSPS) is 13.1. The topological polar surface area (TPSA) is 55.9 Å². The lowest BCUT2D eigenvalue weighted by molar-refractivity contribution is 0.437. The van der Waals surface area contributed by atoms with Gasteiger partial charge in [-0.05, 0) is 32.9 Å². The van der Waals surface area contributed by atoms with E-state index in [1.165, 1.54) is 0 Å². The molecule has 0 saturated heterocycles. The van der Waals surface area contributed by atoms with Crippen LogP contribution >= 0.6 is 0 Å². The molecule has 0 spiro atoms. The molecule has 0 aliphatic heterocycles. The largest absolute Gasteiger partial charge is 0.469 e. The number of nitrogens with zero attached hydrogens (tertiary/aromatic N) is 3. The highest BCUT2D eigenvalue weighted by molar-refractivity contribution is 5.00. The van der Waals surface area contributed by atoms with Crippen molar-refractivity contribution in [3.8, 4) is 0 Å². The van der Waals surface area contributed by atoms with Gasteiger partial charge in [-0.25, -0.2) is 9.67 Å². The van der Waals surface area contributed by atoms with E-state index in [0.717, 1.165) is 24.6 Å². The molecular weight excluding hydrogens is 228 g/mol. The first-order valence-corrected chi connectivity index (χ1v) is 6.31. The average Bonchev–Trinajstić information content (AvgIpc) is 2.96. The van der Waals surface area contributed by atoms with Gasteiger partial charge in [0, 0.05) is 18.5 Å². The molecule has 0 saturated carbocycles. The smallest absolute Gasteiger partial charge is 0.141 e. The molecule has 0 fully saturated rings. The Morgan fingerprint density at radius 3 is 2.89 bits per heavy atom. The molecule has 0 aliphatic carbocycles. The summed E-state index contributed by atoms with van der Waals surface area (Å²) < 4.78 is 7.27. The van der Waals surface area contributed by atoms with Gasteiger partial charge in [0.1, 0.15) is 17.9 Å². The van der Waals surface area contributed by atoms with Crippen LogP contribution in [0.4, 0.5) is 0 Å². The highest BCUT2D eigenvalue weighted by Gasteiger charge is 2.10. The molecule has 2 aromatic heterocycles. The standard InChI is InChI=1S/C13H20N4O/c1-10(2)17-13(15-9-16-17)8-14-11(3)7-12-5-4-6-18-12/h4-6,9-11,14H,7-8H2,1-3H3. The van der Waals surface area contributed by atoms with Crippen LogP contribution in [0.5, 0.6) is 0 Å². The predicted molar refractivity (Wildman–Crippen MR) is 69.1 cm³/mol. The fourth-order valence-corrected chi connectivity index (χ4v) is 1.90. The van der Waals surface area contributed by atoms with E-state index < -0.39 is 0 Å². The van der Waals surface area contributed by atoms with Crippen molar-refractivity contribution >= 4 is 0 Å². The van der Waals surface area contributed by atoms with Crippen LogP contribution in [0.1, 0.15) is 38.4 Å². The van der Waals surface area contributed by atoms with E-state index in [-0.39, 0.29) is 0 Å². The van der Waals surface area contributed by atoms with Crippen molar-refractivity contribution in [2.45, 2.75) is 45.8 Å². The maximum absolute atomic E-state index is 5.33. The summed E-state index contributed by atoms with van der Waals surface area (Å²) in [4.78, 5) is 4.27. The summed E-state index contributed by atoms with van der Waals surface area (Å²) in [6.07, 6.45) is 4.19. The zero-order valence-corrected chi connectivity index (χ0v) is 11.1. The second-order valence-corrected chi connectivity index (χ2v) is 4.78. The van der Waals surface area contributed by atoms with E-state index >= 15 is 0 Å².